The summed E-state index contributed by atoms with van der Waals surface area (Å²) in [6.45, 7) is 0.696. The average Bonchev–Trinajstić information content (AvgIpc) is 2.40. The Labute approximate surface area is 105 Å². The highest BCUT2D eigenvalue weighted by molar-refractivity contribution is 5.78. The maximum atomic E-state index is 11.4. The van der Waals surface area contributed by atoms with Crippen LogP contribution in [-0.4, -0.2) is 29.9 Å². The third-order valence-corrected chi connectivity index (χ3v) is 3.00. The van der Waals surface area contributed by atoms with Crippen LogP contribution in [0.5, 0.6) is 5.75 Å². The lowest BCUT2D eigenvalue weighted by Crippen LogP contribution is -2.49. The fourth-order valence-electron chi connectivity index (χ4n) is 1.92. The summed E-state index contributed by atoms with van der Waals surface area (Å²) in [7, 11) is 0. The summed E-state index contributed by atoms with van der Waals surface area (Å²) in [5.74, 6) is -0.706. The number of aliphatic carboxylic acids is 1. The van der Waals surface area contributed by atoms with Crippen LogP contribution in [-0.2, 0) is 9.53 Å². The van der Waals surface area contributed by atoms with Crippen molar-refractivity contribution in [3.63, 3.8) is 0 Å². The molecule has 2 rings (SSSR count). The molecule has 18 heavy (non-hydrogen) atoms. The predicted octanol–water partition coefficient (Wildman–Crippen LogP) is 1.57. The van der Waals surface area contributed by atoms with Crippen molar-refractivity contribution in [3.05, 3.63) is 29.8 Å². The van der Waals surface area contributed by atoms with Gasteiger partial charge in [0.1, 0.15) is 11.8 Å². The van der Waals surface area contributed by atoms with Gasteiger partial charge in [-0.2, -0.15) is 5.26 Å². The van der Waals surface area contributed by atoms with E-state index in [-0.39, 0.29) is 12.8 Å². The molecule has 0 aliphatic carbocycles. The van der Waals surface area contributed by atoms with Gasteiger partial charge in [0.25, 0.3) is 0 Å². The molecule has 1 aliphatic heterocycles. The first-order valence-corrected chi connectivity index (χ1v) is 5.67. The smallest absolute Gasteiger partial charge is 0.348 e. The van der Waals surface area contributed by atoms with Gasteiger partial charge in [-0.25, -0.2) is 4.79 Å². The van der Waals surface area contributed by atoms with Crippen LogP contribution >= 0.6 is 0 Å². The zero-order valence-electron chi connectivity index (χ0n) is 9.76. The molecule has 0 aromatic heterocycles. The minimum atomic E-state index is -1.29. The first-order chi connectivity index (χ1) is 8.68. The summed E-state index contributed by atoms with van der Waals surface area (Å²) in [5.41, 5.74) is -0.949. The largest absolute Gasteiger partial charge is 0.478 e. The second-order valence-electron chi connectivity index (χ2n) is 4.12. The Balaban J connectivity index is 2.29. The van der Waals surface area contributed by atoms with Crippen molar-refractivity contribution in [2.75, 3.05) is 13.2 Å². The topological polar surface area (TPSA) is 79.5 Å². The van der Waals surface area contributed by atoms with Crippen LogP contribution in [0.2, 0.25) is 0 Å². The number of carboxylic acids is 1. The molecule has 1 fully saturated rings. The number of hydrogen-bond donors (Lipinski definition) is 1. The molecule has 1 heterocycles. The van der Waals surface area contributed by atoms with Crippen molar-refractivity contribution >= 4 is 5.97 Å². The minimum absolute atomic E-state index is 0.280. The van der Waals surface area contributed by atoms with E-state index in [0.29, 0.717) is 24.5 Å². The highest BCUT2D eigenvalue weighted by Gasteiger charge is 2.43. The molecule has 94 valence electrons. The molecule has 0 bridgehead atoms. The van der Waals surface area contributed by atoms with E-state index in [9.17, 15) is 9.90 Å². The number of benzene rings is 1. The summed E-state index contributed by atoms with van der Waals surface area (Å²) in [6, 6.07) is 8.63. The average molecular weight is 247 g/mol. The number of nitriles is 1. The molecule has 1 aromatic rings. The van der Waals surface area contributed by atoms with Gasteiger partial charge in [-0.3, -0.25) is 0 Å². The quantitative estimate of drug-likeness (QED) is 0.877. The molecule has 1 aromatic carbocycles. The van der Waals surface area contributed by atoms with E-state index >= 15 is 0 Å². The van der Waals surface area contributed by atoms with Gasteiger partial charge in [0.2, 0.25) is 5.60 Å². The molecule has 1 aliphatic rings. The highest BCUT2D eigenvalue weighted by atomic mass is 16.5. The second kappa shape index (κ2) is 5.07. The second-order valence-corrected chi connectivity index (χ2v) is 4.12. The van der Waals surface area contributed by atoms with Gasteiger partial charge in [0.05, 0.1) is 18.8 Å². The Morgan fingerprint density at radius 2 is 2.06 bits per heavy atom. The summed E-state index contributed by atoms with van der Waals surface area (Å²) in [4.78, 5) is 11.4. The Bertz CT molecular complexity index is 486. The van der Waals surface area contributed by atoms with E-state index in [1.165, 1.54) is 0 Å². The minimum Gasteiger partial charge on any atom is -0.478 e. The molecule has 1 saturated heterocycles. The number of para-hydroxylation sites is 1. The summed E-state index contributed by atoms with van der Waals surface area (Å²) >= 11 is 0. The first-order valence-electron chi connectivity index (χ1n) is 5.67. The molecule has 5 nitrogen and oxygen atoms in total. The predicted molar refractivity (Wildman–Crippen MR) is 62.2 cm³/mol. The lowest BCUT2D eigenvalue weighted by molar-refractivity contribution is -0.163. The molecule has 0 spiro atoms. The van der Waals surface area contributed by atoms with Crippen molar-refractivity contribution in [1.29, 1.82) is 5.26 Å². The zero-order chi connectivity index (χ0) is 13.0. The zero-order valence-corrected chi connectivity index (χ0v) is 9.76. The van der Waals surface area contributed by atoms with Crippen LogP contribution in [0.25, 0.3) is 0 Å². The number of carboxylic acid groups (broad SMARTS) is 1. The molecular weight excluding hydrogens is 234 g/mol. The fraction of sp³-hybridized carbons (Fsp3) is 0.385. The van der Waals surface area contributed by atoms with Gasteiger partial charge in [-0.05, 0) is 12.1 Å². The summed E-state index contributed by atoms with van der Waals surface area (Å²) in [5, 5.41) is 18.3. The van der Waals surface area contributed by atoms with E-state index in [1.807, 2.05) is 6.07 Å². The van der Waals surface area contributed by atoms with Gasteiger partial charge in [0, 0.05) is 12.8 Å². The molecular formula is C13H13NO4. The van der Waals surface area contributed by atoms with E-state index < -0.39 is 11.6 Å². The lowest BCUT2D eigenvalue weighted by Gasteiger charge is -2.33. The Morgan fingerprint density at radius 1 is 1.39 bits per heavy atom. The fourth-order valence-corrected chi connectivity index (χ4v) is 1.92. The summed E-state index contributed by atoms with van der Waals surface area (Å²) < 4.78 is 10.8. The van der Waals surface area contributed by atoms with Gasteiger partial charge in [-0.15, -0.1) is 0 Å². The Kier molecular flexibility index (Phi) is 3.49. The van der Waals surface area contributed by atoms with E-state index in [2.05, 4.69) is 0 Å². The van der Waals surface area contributed by atoms with Crippen LogP contribution in [0.15, 0.2) is 24.3 Å². The monoisotopic (exact) mass is 247 g/mol. The van der Waals surface area contributed by atoms with Crippen molar-refractivity contribution < 1.29 is 19.4 Å². The molecule has 0 amide bonds. The molecule has 0 unspecified atom stereocenters. The van der Waals surface area contributed by atoms with Crippen LogP contribution in [0.4, 0.5) is 0 Å². The number of carbonyl (C=O) groups is 1. The van der Waals surface area contributed by atoms with Crippen LogP contribution in [0.3, 0.4) is 0 Å². The maximum Gasteiger partial charge on any atom is 0.348 e. The van der Waals surface area contributed by atoms with Crippen molar-refractivity contribution in [1.82, 2.24) is 0 Å². The first kappa shape index (κ1) is 12.4. The van der Waals surface area contributed by atoms with Crippen molar-refractivity contribution in [2.24, 2.45) is 0 Å². The van der Waals surface area contributed by atoms with Gasteiger partial charge < -0.3 is 14.6 Å². The van der Waals surface area contributed by atoms with Gasteiger partial charge in [-0.1, -0.05) is 12.1 Å². The maximum absolute atomic E-state index is 11.4. The Hall–Kier alpha value is -2.06. The number of nitrogens with zero attached hydrogens (tertiary/aromatic N) is 1. The molecule has 1 N–H and O–H groups in total. The SMILES string of the molecule is N#Cc1ccccc1OC1(C(=O)O)CCOCC1. The van der Waals surface area contributed by atoms with E-state index in [0.717, 1.165) is 0 Å². The summed E-state index contributed by atoms with van der Waals surface area (Å²) in [6.07, 6.45) is 0.560. The number of ether oxygens (including phenoxy) is 2. The van der Waals surface area contributed by atoms with Crippen LogP contribution in [0, 0.1) is 11.3 Å². The normalized spacial score (nSPS) is 17.7. The van der Waals surface area contributed by atoms with E-state index in [1.54, 1.807) is 24.3 Å². The molecule has 0 radical (unpaired) electrons. The van der Waals surface area contributed by atoms with Crippen molar-refractivity contribution in [3.8, 4) is 11.8 Å². The van der Waals surface area contributed by atoms with Crippen LogP contribution in [0.1, 0.15) is 18.4 Å². The van der Waals surface area contributed by atoms with Crippen molar-refractivity contribution in [2.45, 2.75) is 18.4 Å². The standard InChI is InChI=1S/C13H13NO4/c14-9-10-3-1-2-4-11(10)18-13(12(15)16)5-7-17-8-6-13/h1-4H,5-8H2,(H,15,16). The molecule has 0 atom stereocenters. The third-order valence-electron chi connectivity index (χ3n) is 3.00. The lowest BCUT2D eigenvalue weighted by atomic mass is 9.94. The third kappa shape index (κ3) is 2.29. The van der Waals surface area contributed by atoms with E-state index in [4.69, 9.17) is 14.7 Å². The number of rotatable bonds is 3. The molecule has 0 saturated carbocycles. The van der Waals surface area contributed by atoms with Gasteiger partial charge >= 0.3 is 5.97 Å². The van der Waals surface area contributed by atoms with Gasteiger partial charge in [0.15, 0.2) is 0 Å². The highest BCUT2D eigenvalue weighted by Crippen LogP contribution is 2.30. The van der Waals surface area contributed by atoms with Crippen LogP contribution < -0.4 is 4.74 Å². The Morgan fingerprint density at radius 3 is 2.67 bits per heavy atom. The molecule has 5 heteroatoms. The number of hydrogen-bond acceptors (Lipinski definition) is 4.